The molecule has 0 fully saturated rings. The van der Waals surface area contributed by atoms with Gasteiger partial charge in [0, 0.05) is 72.6 Å². The number of hydrogen-bond acceptors (Lipinski definition) is 4. The van der Waals surface area contributed by atoms with Gasteiger partial charge in [-0.3, -0.25) is 0 Å². The molecule has 2 aromatic heterocycles. The van der Waals surface area contributed by atoms with E-state index in [4.69, 9.17) is 8.83 Å². The maximum Gasteiger partial charge on any atom is 0.333 e. The first kappa shape index (κ1) is 41.5. The van der Waals surface area contributed by atoms with Gasteiger partial charge in [0.15, 0.2) is 0 Å². The van der Waals surface area contributed by atoms with Crippen LogP contribution in [0, 0.1) is 6.92 Å². The Morgan fingerprint density at radius 1 is 0.529 bits per heavy atom. The molecule has 0 saturated carbocycles. The number of rotatable bonds is 3. The summed E-state index contributed by atoms with van der Waals surface area (Å²) in [5.74, 6) is 0. The number of fused-ring (bicyclic) bond motifs is 14. The summed E-state index contributed by atoms with van der Waals surface area (Å²) in [4.78, 5) is 5.21. The highest BCUT2D eigenvalue weighted by atomic mass is 16.3. The predicted molar refractivity (Wildman–Crippen MR) is 296 cm³/mol. The molecule has 9 aromatic carbocycles. The molecule has 0 atom stereocenters. The van der Waals surface area contributed by atoms with Crippen LogP contribution in [0.25, 0.3) is 76.9 Å². The van der Waals surface area contributed by atoms with Crippen molar-refractivity contribution in [3.63, 3.8) is 0 Å². The van der Waals surface area contributed by atoms with Gasteiger partial charge in [0.2, 0.25) is 0 Å². The Hall–Kier alpha value is -7.50. The van der Waals surface area contributed by atoms with E-state index in [1.165, 1.54) is 71.7 Å². The van der Waals surface area contributed by atoms with Crippen LogP contribution in [0.3, 0.4) is 0 Å². The second kappa shape index (κ2) is 14.3. The first-order valence-electron chi connectivity index (χ1n) is 25.1. The predicted octanol–water partition coefficient (Wildman–Crippen LogP) is 17.0. The van der Waals surface area contributed by atoms with Gasteiger partial charge in [-0.15, -0.1) is 0 Å². The molecule has 0 spiro atoms. The van der Waals surface area contributed by atoms with Gasteiger partial charge >= 0.3 is 6.85 Å². The third-order valence-electron chi connectivity index (χ3n) is 16.6. The molecule has 1 aliphatic carbocycles. The summed E-state index contributed by atoms with van der Waals surface area (Å²) in [6, 6.07) is 61.4. The van der Waals surface area contributed by atoms with Crippen molar-refractivity contribution in [3.05, 3.63) is 186 Å². The minimum absolute atomic E-state index is 0.000473. The molecule has 4 heterocycles. The van der Waals surface area contributed by atoms with Crippen LogP contribution < -0.4 is 20.6 Å². The Kier molecular flexibility index (Phi) is 8.47. The van der Waals surface area contributed by atoms with Crippen molar-refractivity contribution in [1.29, 1.82) is 0 Å². The van der Waals surface area contributed by atoms with Crippen LogP contribution in [-0.2, 0) is 16.2 Å². The van der Waals surface area contributed by atoms with Crippen LogP contribution >= 0.6 is 0 Å². The highest BCUT2D eigenvalue weighted by molar-refractivity contribution is 6.94. The second-order valence-corrected chi connectivity index (χ2v) is 22.8. The smallest absolute Gasteiger partial charge is 0.333 e. The average Bonchev–Trinajstić information content (AvgIpc) is 3.92. The Morgan fingerprint density at radius 2 is 1.21 bits per heavy atom. The van der Waals surface area contributed by atoms with Crippen molar-refractivity contribution in [2.75, 3.05) is 9.71 Å². The lowest BCUT2D eigenvalue weighted by Crippen LogP contribution is -2.61. The summed E-state index contributed by atoms with van der Waals surface area (Å²) >= 11 is 0. The third kappa shape index (κ3) is 5.84. The fraction of sp³-hybridized carbons (Fsp3) is 0.200. The lowest BCUT2D eigenvalue weighted by molar-refractivity contribution is 0.332. The molecule has 0 amide bonds. The van der Waals surface area contributed by atoms with Crippen molar-refractivity contribution in [1.82, 2.24) is 0 Å². The van der Waals surface area contributed by atoms with Gasteiger partial charge in [0.1, 0.15) is 22.3 Å². The first-order valence-corrected chi connectivity index (χ1v) is 25.1. The minimum Gasteiger partial charge on any atom is -0.456 e. The molecular weight excluding hydrogens is 852 g/mol. The number of benzene rings is 9. The number of para-hydroxylation sites is 1. The van der Waals surface area contributed by atoms with Gasteiger partial charge in [0.25, 0.3) is 0 Å². The van der Waals surface area contributed by atoms with Crippen LogP contribution in [0.1, 0.15) is 83.6 Å². The van der Waals surface area contributed by atoms with Crippen molar-refractivity contribution < 1.29 is 8.83 Å². The molecule has 14 rings (SSSR count). The Balaban J connectivity index is 1.15. The van der Waals surface area contributed by atoms with E-state index in [9.17, 15) is 0 Å². The summed E-state index contributed by atoms with van der Waals surface area (Å²) in [5.41, 5.74) is 22.0. The van der Waals surface area contributed by atoms with E-state index in [0.29, 0.717) is 0 Å². The number of furan rings is 2. The number of aryl methyl sites for hydroxylation is 1. The van der Waals surface area contributed by atoms with E-state index in [-0.39, 0.29) is 23.1 Å². The van der Waals surface area contributed by atoms with Crippen molar-refractivity contribution in [2.45, 2.75) is 84.5 Å². The molecule has 0 unspecified atom stereocenters. The molecule has 2 aliphatic heterocycles. The lowest BCUT2D eigenvalue weighted by atomic mass is 9.43. The second-order valence-electron chi connectivity index (χ2n) is 22.8. The summed E-state index contributed by atoms with van der Waals surface area (Å²) in [7, 11) is 0. The van der Waals surface area contributed by atoms with Gasteiger partial charge < -0.3 is 18.5 Å². The molecule has 0 N–H and O–H groups in total. The van der Waals surface area contributed by atoms with E-state index in [2.05, 4.69) is 229 Å². The van der Waals surface area contributed by atoms with Gasteiger partial charge in [-0.1, -0.05) is 158 Å². The maximum absolute atomic E-state index is 7.16. The van der Waals surface area contributed by atoms with Gasteiger partial charge in [-0.2, -0.15) is 0 Å². The van der Waals surface area contributed by atoms with Crippen LogP contribution in [-0.4, -0.2) is 6.85 Å². The molecule has 0 bridgehead atoms. The Labute approximate surface area is 410 Å². The van der Waals surface area contributed by atoms with Crippen molar-refractivity contribution in [3.8, 4) is 22.3 Å². The van der Waals surface area contributed by atoms with E-state index >= 15 is 0 Å². The molecule has 0 saturated heterocycles. The van der Waals surface area contributed by atoms with Gasteiger partial charge in [-0.05, 0) is 134 Å². The largest absolute Gasteiger partial charge is 0.456 e. The van der Waals surface area contributed by atoms with E-state index in [0.717, 1.165) is 79.6 Å². The summed E-state index contributed by atoms with van der Waals surface area (Å²) < 4.78 is 14.3. The zero-order valence-electron chi connectivity index (χ0n) is 41.3. The molecule has 340 valence electrons. The quantitative estimate of drug-likeness (QED) is 0.165. The van der Waals surface area contributed by atoms with E-state index < -0.39 is 0 Å². The average molecular weight is 907 g/mol. The molecule has 5 heteroatoms. The minimum atomic E-state index is -0.237. The molecule has 11 aromatic rings. The van der Waals surface area contributed by atoms with Gasteiger partial charge in [-0.25, -0.2) is 0 Å². The zero-order valence-corrected chi connectivity index (χ0v) is 41.3. The van der Waals surface area contributed by atoms with Crippen molar-refractivity contribution in [2.24, 2.45) is 0 Å². The first-order chi connectivity index (χ1) is 33.7. The zero-order chi connectivity index (χ0) is 47.6. The molecular formula is C65H55BN2O2. The third-order valence-corrected chi connectivity index (χ3v) is 16.6. The Morgan fingerprint density at radius 3 is 1.97 bits per heavy atom. The Bertz CT molecular complexity index is 4020. The van der Waals surface area contributed by atoms with Crippen LogP contribution in [0.4, 0.5) is 28.4 Å². The number of nitrogens with zero attached hydrogens (tertiary/aromatic N) is 2. The lowest BCUT2D eigenvalue weighted by Gasteiger charge is -2.46. The topological polar surface area (TPSA) is 32.8 Å². The van der Waals surface area contributed by atoms with E-state index in [1.807, 2.05) is 0 Å². The highest BCUT2D eigenvalue weighted by Crippen LogP contribution is 2.54. The highest BCUT2D eigenvalue weighted by Gasteiger charge is 2.48. The van der Waals surface area contributed by atoms with Crippen molar-refractivity contribution >= 4 is 101 Å². The standard InChI is InChI=1S/C65H55BN2O2/c1-38-32-41(39-16-10-9-11-17-39)23-29-53(38)67-54-37-58-48(47-33-50-51(36-57(47)69-58)65(7,8)31-30-64(50,5)6)34-52(54)66-60-55(67)35-49-45-20-14-15-21-56(45)70-62(49)59(60)46-28-22-40-18-12-13-19-44(40)61(46)68(66)43-26-24-42(25-27-43)63(2,3)4/h9-29,32-37H,30-31H2,1-8H3. The normalized spacial score (nSPS) is 15.7. The molecule has 0 radical (unpaired) electrons. The van der Waals surface area contributed by atoms with Crippen LogP contribution in [0.15, 0.2) is 173 Å². The summed E-state index contributed by atoms with van der Waals surface area (Å²) in [6.45, 7) is 18.6. The summed E-state index contributed by atoms with van der Waals surface area (Å²) in [6.07, 6.45) is 2.29. The van der Waals surface area contributed by atoms with Crippen LogP contribution in [0.2, 0.25) is 0 Å². The summed E-state index contributed by atoms with van der Waals surface area (Å²) in [5, 5.41) is 6.96. The maximum atomic E-state index is 7.16. The SMILES string of the molecule is Cc1cc(-c2ccccc2)ccc1N1c2cc3oc4cc5c(cc4c3cc2B2c3c1cc1c(oc4ccccc41)c3-c1ccc3ccccc3c1N2c1ccc(C(C)(C)C)cc1)C(C)(C)CCC5(C)C. The van der Waals surface area contributed by atoms with Crippen LogP contribution in [0.5, 0.6) is 0 Å². The fourth-order valence-corrected chi connectivity index (χ4v) is 12.7. The monoisotopic (exact) mass is 906 g/mol. The fourth-order valence-electron chi connectivity index (χ4n) is 12.7. The molecule has 3 aliphatic rings. The number of anilines is 5. The molecule has 4 nitrogen and oxygen atoms in total. The van der Waals surface area contributed by atoms with E-state index in [1.54, 1.807) is 0 Å². The number of hydrogen-bond donors (Lipinski definition) is 0. The van der Waals surface area contributed by atoms with Gasteiger partial charge in [0.05, 0.1) is 0 Å². The molecule has 70 heavy (non-hydrogen) atoms.